The first kappa shape index (κ1) is 20.6. The number of fused-ring (bicyclic) bond motifs is 1. The highest BCUT2D eigenvalue weighted by molar-refractivity contribution is 7.53. The molecule has 0 saturated heterocycles. The Balaban J connectivity index is 1.71. The van der Waals surface area contributed by atoms with Crippen LogP contribution < -0.4 is 11.3 Å². The van der Waals surface area contributed by atoms with Gasteiger partial charge in [-0.1, -0.05) is 6.42 Å². The Bertz CT molecular complexity index is 795. The van der Waals surface area contributed by atoms with Crippen molar-refractivity contribution in [3.05, 3.63) is 16.6 Å². The zero-order valence-corrected chi connectivity index (χ0v) is 16.0. The molecule has 2 rings (SSSR count). The molecule has 0 aliphatic carbocycles. The van der Waals surface area contributed by atoms with E-state index in [1.807, 2.05) is 0 Å². The number of H-pyrrole nitrogens is 1. The predicted molar refractivity (Wildman–Crippen MR) is 98.1 cm³/mol. The Hall–Kier alpha value is -1.74. The molecule has 2 heterocycles. The zero-order valence-electron chi connectivity index (χ0n) is 15.1. The number of rotatable bonds is 12. The average Bonchev–Trinajstić information content (AvgIpc) is 2.97. The van der Waals surface area contributed by atoms with E-state index < -0.39 is 7.60 Å². The number of nitrogen functional groups attached to an aromatic ring is 1. The number of aromatic nitrogens is 4. The van der Waals surface area contributed by atoms with Crippen LogP contribution >= 0.6 is 7.60 Å². The third-order valence-corrected chi connectivity index (χ3v) is 5.78. The second-order valence-electron chi connectivity index (χ2n) is 5.60. The largest absolute Gasteiger partial charge is 0.369 e. The predicted octanol–water partition coefficient (Wildman–Crippen LogP) is 2.11. The van der Waals surface area contributed by atoms with Crippen molar-refractivity contribution in [2.24, 2.45) is 0 Å². The lowest BCUT2D eigenvalue weighted by atomic mass is 10.3. The van der Waals surface area contributed by atoms with Crippen molar-refractivity contribution in [2.45, 2.75) is 39.8 Å². The third-order valence-electron chi connectivity index (χ3n) is 3.61. The zero-order chi connectivity index (χ0) is 19.0. The summed E-state index contributed by atoms with van der Waals surface area (Å²) in [6.07, 6.45) is 4.22. The first-order valence-corrected chi connectivity index (χ1v) is 10.4. The Kier molecular flexibility index (Phi) is 7.77. The van der Waals surface area contributed by atoms with Gasteiger partial charge in [0, 0.05) is 6.61 Å². The van der Waals surface area contributed by atoms with Crippen LogP contribution in [0.1, 0.15) is 33.1 Å². The van der Waals surface area contributed by atoms with Crippen LogP contribution in [0.3, 0.4) is 0 Å². The van der Waals surface area contributed by atoms with Crippen LogP contribution in [0, 0.1) is 0 Å². The molecule has 0 atom stereocenters. The van der Waals surface area contributed by atoms with Crippen molar-refractivity contribution in [1.29, 1.82) is 0 Å². The number of nitrogens with zero attached hydrogens (tertiary/aromatic N) is 3. The summed E-state index contributed by atoms with van der Waals surface area (Å²) in [4.78, 5) is 18.2. The third kappa shape index (κ3) is 5.63. The van der Waals surface area contributed by atoms with Crippen molar-refractivity contribution in [2.75, 3.05) is 31.7 Å². The Morgan fingerprint density at radius 3 is 2.65 bits per heavy atom. The maximum Gasteiger partial charge on any atom is 0.330 e. The molecule has 146 valence electrons. The van der Waals surface area contributed by atoms with Crippen molar-refractivity contribution >= 4 is 24.6 Å². The molecule has 0 aromatic carbocycles. The van der Waals surface area contributed by atoms with Gasteiger partial charge in [0.25, 0.3) is 5.56 Å². The SMILES string of the molecule is CCOP(=O)(CCCCCOCn1ncc2c(=O)[nH]c(N)nc21)OCC. The van der Waals surface area contributed by atoms with Gasteiger partial charge in [-0.25, -0.2) is 4.68 Å². The molecule has 0 spiro atoms. The Labute approximate surface area is 151 Å². The monoisotopic (exact) mass is 387 g/mol. The van der Waals surface area contributed by atoms with Crippen LogP contribution in [0.25, 0.3) is 11.0 Å². The van der Waals surface area contributed by atoms with Gasteiger partial charge in [-0.2, -0.15) is 10.1 Å². The van der Waals surface area contributed by atoms with Crippen LogP contribution in [0.15, 0.2) is 11.0 Å². The molecule has 0 unspecified atom stereocenters. The van der Waals surface area contributed by atoms with Crippen molar-refractivity contribution in [3.63, 3.8) is 0 Å². The summed E-state index contributed by atoms with van der Waals surface area (Å²) in [6, 6.07) is 0. The van der Waals surface area contributed by atoms with Crippen LogP contribution in [0.2, 0.25) is 0 Å². The first-order valence-electron chi connectivity index (χ1n) is 8.66. The lowest BCUT2D eigenvalue weighted by Crippen LogP contribution is -2.13. The van der Waals surface area contributed by atoms with Gasteiger partial charge in [-0.3, -0.25) is 14.3 Å². The van der Waals surface area contributed by atoms with Gasteiger partial charge in [0.1, 0.15) is 12.1 Å². The number of nitrogens with two attached hydrogens (primary N) is 1. The summed E-state index contributed by atoms with van der Waals surface area (Å²) < 4.78 is 29.9. The molecule has 0 aliphatic heterocycles. The topological polar surface area (TPSA) is 134 Å². The molecule has 3 N–H and O–H groups in total. The minimum Gasteiger partial charge on any atom is -0.369 e. The highest BCUT2D eigenvalue weighted by Gasteiger charge is 2.22. The van der Waals surface area contributed by atoms with Gasteiger partial charge in [0.2, 0.25) is 5.95 Å². The van der Waals surface area contributed by atoms with E-state index in [1.165, 1.54) is 10.9 Å². The molecule has 11 heteroatoms. The smallest absolute Gasteiger partial charge is 0.330 e. The minimum atomic E-state index is -2.96. The summed E-state index contributed by atoms with van der Waals surface area (Å²) in [5.41, 5.74) is 5.61. The Morgan fingerprint density at radius 1 is 1.23 bits per heavy atom. The Morgan fingerprint density at radius 2 is 1.96 bits per heavy atom. The molecule has 0 amide bonds. The van der Waals surface area contributed by atoms with E-state index in [0.717, 1.165) is 19.3 Å². The molecule has 0 saturated carbocycles. The fourth-order valence-electron chi connectivity index (χ4n) is 2.47. The van der Waals surface area contributed by atoms with E-state index in [2.05, 4.69) is 15.1 Å². The van der Waals surface area contributed by atoms with Gasteiger partial charge in [0.05, 0.1) is 25.6 Å². The molecule has 0 radical (unpaired) electrons. The van der Waals surface area contributed by atoms with Crippen molar-refractivity contribution < 1.29 is 18.3 Å². The summed E-state index contributed by atoms with van der Waals surface area (Å²) in [5.74, 6) is 0.0391. The quantitative estimate of drug-likeness (QED) is 0.418. The van der Waals surface area contributed by atoms with Gasteiger partial charge >= 0.3 is 7.60 Å². The second kappa shape index (κ2) is 9.82. The molecular formula is C15H26N5O5P. The fraction of sp³-hybridized carbons (Fsp3) is 0.667. The van der Waals surface area contributed by atoms with E-state index in [4.69, 9.17) is 19.5 Å². The number of unbranched alkanes of at least 4 members (excludes halogenated alkanes) is 2. The number of hydrogen-bond donors (Lipinski definition) is 2. The summed E-state index contributed by atoms with van der Waals surface area (Å²) in [5, 5.41) is 4.45. The molecule has 2 aromatic heterocycles. The van der Waals surface area contributed by atoms with Crippen LogP contribution in [0.5, 0.6) is 0 Å². The minimum absolute atomic E-state index is 0.0391. The maximum absolute atomic E-state index is 12.3. The van der Waals surface area contributed by atoms with Crippen LogP contribution in [-0.4, -0.2) is 45.7 Å². The number of hydrogen-bond acceptors (Lipinski definition) is 8. The average molecular weight is 387 g/mol. The number of ether oxygens (including phenoxy) is 1. The number of anilines is 1. The second-order valence-corrected chi connectivity index (χ2v) is 7.79. The summed E-state index contributed by atoms with van der Waals surface area (Å²) >= 11 is 0. The molecule has 0 aliphatic rings. The van der Waals surface area contributed by atoms with Crippen LogP contribution in [0.4, 0.5) is 5.95 Å². The van der Waals surface area contributed by atoms with Crippen molar-refractivity contribution in [3.8, 4) is 0 Å². The summed E-state index contributed by atoms with van der Waals surface area (Å²) in [7, 11) is -2.96. The first-order chi connectivity index (χ1) is 12.5. The van der Waals surface area contributed by atoms with E-state index in [1.54, 1.807) is 13.8 Å². The summed E-state index contributed by atoms with van der Waals surface area (Å²) in [6.45, 7) is 5.03. The molecular weight excluding hydrogens is 361 g/mol. The number of nitrogens with one attached hydrogen (secondary N) is 1. The van der Waals surface area contributed by atoms with Crippen molar-refractivity contribution in [1.82, 2.24) is 19.7 Å². The standard InChI is InChI=1S/C15H26N5O5P/c1-3-24-26(22,25-4-2)9-7-5-6-8-23-11-20-13-12(10-17-20)14(21)19-15(16)18-13/h10H,3-9,11H2,1-2H3,(H3,16,18,19,21). The van der Waals surface area contributed by atoms with Crippen LogP contribution in [-0.2, 0) is 25.1 Å². The fourth-order valence-corrected chi connectivity index (χ4v) is 4.20. The van der Waals surface area contributed by atoms with E-state index in [-0.39, 0.29) is 18.2 Å². The normalized spacial score (nSPS) is 12.1. The van der Waals surface area contributed by atoms with Gasteiger partial charge < -0.3 is 19.5 Å². The van der Waals surface area contributed by atoms with E-state index in [0.29, 0.717) is 37.0 Å². The lowest BCUT2D eigenvalue weighted by molar-refractivity contribution is 0.0686. The van der Waals surface area contributed by atoms with Gasteiger partial charge in [-0.05, 0) is 26.7 Å². The lowest BCUT2D eigenvalue weighted by Gasteiger charge is -2.16. The number of aromatic amines is 1. The molecule has 0 bridgehead atoms. The van der Waals surface area contributed by atoms with E-state index >= 15 is 0 Å². The highest BCUT2D eigenvalue weighted by atomic mass is 31.2. The van der Waals surface area contributed by atoms with Gasteiger partial charge in [-0.15, -0.1) is 0 Å². The molecule has 2 aromatic rings. The van der Waals surface area contributed by atoms with Gasteiger partial charge in [0.15, 0.2) is 5.65 Å². The maximum atomic E-state index is 12.3. The molecule has 10 nitrogen and oxygen atoms in total. The molecule has 0 fully saturated rings. The van der Waals surface area contributed by atoms with E-state index in [9.17, 15) is 9.36 Å². The molecule has 26 heavy (non-hydrogen) atoms. The highest BCUT2D eigenvalue weighted by Crippen LogP contribution is 2.48.